The maximum absolute atomic E-state index is 10.2. The van der Waals surface area contributed by atoms with Gasteiger partial charge in [-0.15, -0.1) is 0 Å². The Hall–Kier alpha value is -1.30. The number of aliphatic hydroxyl groups is 2. The highest BCUT2D eigenvalue weighted by Gasteiger charge is 2.16. The summed E-state index contributed by atoms with van der Waals surface area (Å²) < 4.78 is 11.1. The van der Waals surface area contributed by atoms with E-state index in [1.165, 1.54) is 19.3 Å². The van der Waals surface area contributed by atoms with Gasteiger partial charge in [0.15, 0.2) is 11.5 Å². The van der Waals surface area contributed by atoms with Gasteiger partial charge >= 0.3 is 0 Å². The number of piperidine rings is 1. The van der Waals surface area contributed by atoms with Crippen LogP contribution in [0.4, 0.5) is 0 Å². The van der Waals surface area contributed by atoms with Gasteiger partial charge in [-0.3, -0.25) is 0 Å². The van der Waals surface area contributed by atoms with E-state index >= 15 is 0 Å². The normalized spacial score (nSPS) is 18.4. The zero-order valence-corrected chi connectivity index (χ0v) is 14.2. The van der Waals surface area contributed by atoms with Gasteiger partial charge in [-0.05, 0) is 50.0 Å². The largest absolute Gasteiger partial charge is 0.493 e. The molecule has 0 aliphatic carbocycles. The molecule has 1 aromatic carbocycles. The van der Waals surface area contributed by atoms with Gasteiger partial charge in [-0.25, -0.2) is 0 Å². The molecule has 5 heteroatoms. The lowest BCUT2D eigenvalue weighted by Crippen LogP contribution is -2.38. The first-order chi connectivity index (χ1) is 11.1. The van der Waals surface area contributed by atoms with Crippen LogP contribution in [-0.2, 0) is 0 Å². The van der Waals surface area contributed by atoms with Gasteiger partial charge in [-0.1, -0.05) is 19.4 Å². The van der Waals surface area contributed by atoms with Gasteiger partial charge in [0.25, 0.3) is 0 Å². The van der Waals surface area contributed by atoms with Crippen LogP contribution in [-0.4, -0.2) is 54.6 Å². The molecule has 2 atom stereocenters. The van der Waals surface area contributed by atoms with Crippen LogP contribution in [0.5, 0.6) is 11.5 Å². The van der Waals surface area contributed by atoms with E-state index in [4.69, 9.17) is 9.47 Å². The summed E-state index contributed by atoms with van der Waals surface area (Å²) in [5.74, 6) is 1.18. The molecule has 0 saturated carbocycles. The van der Waals surface area contributed by atoms with Gasteiger partial charge in [0.05, 0.1) is 13.2 Å². The highest BCUT2D eigenvalue weighted by molar-refractivity contribution is 5.43. The number of β-amino-alcohol motifs (C(OH)–C–C–N with tert-alkyl or cyclic N) is 1. The Morgan fingerprint density at radius 3 is 2.52 bits per heavy atom. The number of benzene rings is 1. The number of rotatable bonds is 8. The van der Waals surface area contributed by atoms with Gasteiger partial charge in [-0.2, -0.15) is 0 Å². The molecule has 1 aliphatic heterocycles. The molecule has 0 aromatic heterocycles. The van der Waals surface area contributed by atoms with Crippen LogP contribution < -0.4 is 9.47 Å². The molecule has 1 saturated heterocycles. The summed E-state index contributed by atoms with van der Waals surface area (Å²) in [4.78, 5) is 2.29. The molecule has 0 bridgehead atoms. The van der Waals surface area contributed by atoms with Crippen molar-refractivity contribution in [2.24, 2.45) is 0 Å². The van der Waals surface area contributed by atoms with Crippen LogP contribution >= 0.6 is 0 Å². The first kappa shape index (κ1) is 18.0. The fourth-order valence-corrected chi connectivity index (χ4v) is 2.93. The highest BCUT2D eigenvalue weighted by atomic mass is 16.5. The van der Waals surface area contributed by atoms with Gasteiger partial charge in [0, 0.05) is 6.54 Å². The molecule has 0 spiro atoms. The molecular weight excluding hydrogens is 294 g/mol. The number of hydrogen-bond acceptors (Lipinski definition) is 5. The van der Waals surface area contributed by atoms with Crippen LogP contribution in [0.1, 0.15) is 44.3 Å². The average Bonchev–Trinajstić information content (AvgIpc) is 2.60. The van der Waals surface area contributed by atoms with E-state index in [9.17, 15) is 10.2 Å². The van der Waals surface area contributed by atoms with Gasteiger partial charge in [0.2, 0.25) is 0 Å². The molecule has 1 heterocycles. The Kier molecular flexibility index (Phi) is 7.15. The summed E-state index contributed by atoms with van der Waals surface area (Å²) in [6.07, 6.45) is 3.35. The second-order valence-electron chi connectivity index (χ2n) is 6.16. The zero-order chi connectivity index (χ0) is 16.7. The summed E-state index contributed by atoms with van der Waals surface area (Å²) in [6, 6.07) is 5.42. The van der Waals surface area contributed by atoms with Crippen molar-refractivity contribution in [2.45, 2.75) is 44.8 Å². The fourth-order valence-electron chi connectivity index (χ4n) is 2.93. The van der Waals surface area contributed by atoms with Crippen molar-refractivity contribution in [1.82, 2.24) is 4.90 Å². The quantitative estimate of drug-likeness (QED) is 0.769. The van der Waals surface area contributed by atoms with Crippen molar-refractivity contribution >= 4 is 0 Å². The third-order valence-corrected chi connectivity index (χ3v) is 4.31. The molecule has 130 valence electrons. The first-order valence-corrected chi connectivity index (χ1v) is 8.53. The molecule has 5 nitrogen and oxygen atoms in total. The summed E-state index contributed by atoms with van der Waals surface area (Å²) >= 11 is 0. The van der Waals surface area contributed by atoms with Crippen molar-refractivity contribution in [1.29, 1.82) is 0 Å². The van der Waals surface area contributed by atoms with Crippen LogP contribution in [0.2, 0.25) is 0 Å². The lowest BCUT2D eigenvalue weighted by atomic mass is 10.1. The number of hydrogen-bond donors (Lipinski definition) is 2. The van der Waals surface area contributed by atoms with Crippen LogP contribution in [0.25, 0.3) is 0 Å². The first-order valence-electron chi connectivity index (χ1n) is 8.53. The second kappa shape index (κ2) is 9.11. The summed E-state index contributed by atoms with van der Waals surface area (Å²) in [7, 11) is 1.58. The predicted octanol–water partition coefficient (Wildman–Crippen LogP) is 2.36. The van der Waals surface area contributed by atoms with Crippen molar-refractivity contribution in [2.75, 3.05) is 33.4 Å². The molecule has 1 aromatic rings. The van der Waals surface area contributed by atoms with E-state index in [2.05, 4.69) is 4.90 Å². The van der Waals surface area contributed by atoms with E-state index in [-0.39, 0.29) is 6.61 Å². The molecule has 1 aliphatic rings. The molecule has 0 amide bonds. The molecule has 2 N–H and O–H groups in total. The lowest BCUT2D eigenvalue weighted by molar-refractivity contribution is 0.0608. The Labute approximate surface area is 138 Å². The van der Waals surface area contributed by atoms with Crippen molar-refractivity contribution in [3.05, 3.63) is 23.8 Å². The third kappa shape index (κ3) is 5.37. The average molecular weight is 323 g/mol. The zero-order valence-electron chi connectivity index (χ0n) is 14.2. The fraction of sp³-hybridized carbons (Fsp3) is 0.667. The van der Waals surface area contributed by atoms with Crippen molar-refractivity contribution < 1.29 is 19.7 Å². The summed E-state index contributed by atoms with van der Waals surface area (Å²) in [6.45, 7) is 4.93. The van der Waals surface area contributed by atoms with Gasteiger partial charge < -0.3 is 24.6 Å². The maximum atomic E-state index is 10.2. The van der Waals surface area contributed by atoms with E-state index < -0.39 is 12.2 Å². The highest BCUT2D eigenvalue weighted by Crippen LogP contribution is 2.31. The minimum atomic E-state index is -0.515. The van der Waals surface area contributed by atoms with E-state index in [0.717, 1.165) is 18.7 Å². The lowest BCUT2D eigenvalue weighted by Gasteiger charge is -2.28. The third-order valence-electron chi connectivity index (χ3n) is 4.31. The van der Waals surface area contributed by atoms with Crippen LogP contribution in [0, 0.1) is 0 Å². The number of ether oxygens (including phenoxy) is 2. The van der Waals surface area contributed by atoms with E-state index in [0.29, 0.717) is 24.5 Å². The monoisotopic (exact) mass is 323 g/mol. The van der Waals surface area contributed by atoms with Crippen molar-refractivity contribution in [3.8, 4) is 11.5 Å². The molecule has 23 heavy (non-hydrogen) atoms. The Balaban J connectivity index is 1.88. The molecular formula is C18H29NO4. The maximum Gasteiger partial charge on any atom is 0.161 e. The minimum absolute atomic E-state index is 0.239. The minimum Gasteiger partial charge on any atom is -0.493 e. The Morgan fingerprint density at radius 1 is 1.13 bits per heavy atom. The van der Waals surface area contributed by atoms with Crippen LogP contribution in [0.3, 0.4) is 0 Å². The molecule has 2 rings (SSSR count). The second-order valence-corrected chi connectivity index (χ2v) is 6.16. The van der Waals surface area contributed by atoms with Crippen LogP contribution in [0.15, 0.2) is 18.2 Å². The number of aliphatic hydroxyl groups excluding tert-OH is 2. The predicted molar refractivity (Wildman–Crippen MR) is 90.0 cm³/mol. The van der Waals surface area contributed by atoms with Gasteiger partial charge in [0.1, 0.15) is 12.7 Å². The summed E-state index contributed by atoms with van der Waals surface area (Å²) in [5.41, 5.74) is 0.811. The smallest absolute Gasteiger partial charge is 0.161 e. The number of methoxy groups -OCH3 is 1. The Bertz CT molecular complexity index is 474. The Morgan fingerprint density at radius 2 is 1.87 bits per heavy atom. The van der Waals surface area contributed by atoms with E-state index in [1.54, 1.807) is 19.2 Å². The molecule has 0 radical (unpaired) electrons. The number of likely N-dealkylation sites (tertiary alicyclic amines) is 1. The van der Waals surface area contributed by atoms with E-state index in [1.807, 2.05) is 13.0 Å². The summed E-state index contributed by atoms with van der Waals surface area (Å²) in [5, 5.41) is 20.1. The van der Waals surface area contributed by atoms with Crippen molar-refractivity contribution in [3.63, 3.8) is 0 Å². The topological polar surface area (TPSA) is 62.2 Å². The molecule has 0 unspecified atom stereocenters. The standard InChI is InChI=1S/C18H29NO4/c1-3-16(21)14-7-8-17(18(11-14)22-2)23-13-15(20)12-19-9-5-4-6-10-19/h7-8,11,15-16,20-21H,3-6,9-10,12-13H2,1-2H3/t15-,16-/m1/s1. The SMILES string of the molecule is CC[C@@H](O)c1ccc(OC[C@H](O)CN2CCCCC2)c(OC)c1. The number of nitrogens with zero attached hydrogens (tertiary/aromatic N) is 1. The molecule has 1 fully saturated rings.